The third-order valence-electron chi connectivity index (χ3n) is 9.59. The highest BCUT2D eigenvalue weighted by atomic mass is 16.7. The van der Waals surface area contributed by atoms with Crippen LogP contribution in [0, 0.1) is 0 Å². The molecule has 1 aromatic heterocycles. The Morgan fingerprint density at radius 2 is 1.53 bits per heavy atom. The van der Waals surface area contributed by atoms with Crippen LogP contribution in [0.5, 0.6) is 40.2 Å². The second kappa shape index (κ2) is 17.0. The maximum Gasteiger partial charge on any atom is 0.260 e. The summed E-state index contributed by atoms with van der Waals surface area (Å²) >= 11 is 0. The Morgan fingerprint density at radius 3 is 2.20 bits per heavy atom. The number of aliphatic hydroxyl groups is 4. The fraction of sp³-hybridized carbons (Fsp3) is 0.421. The van der Waals surface area contributed by atoms with Crippen molar-refractivity contribution in [3.8, 4) is 51.6 Å². The van der Waals surface area contributed by atoms with Crippen LogP contribution in [-0.4, -0.2) is 140 Å². The topological polar surface area (TPSA) is 220 Å². The molecule has 17 heteroatoms. The van der Waals surface area contributed by atoms with Crippen LogP contribution in [0.25, 0.3) is 22.3 Å². The first-order valence-electron chi connectivity index (χ1n) is 17.4. The molecule has 2 saturated heterocycles. The molecule has 2 fully saturated rings. The van der Waals surface area contributed by atoms with Crippen molar-refractivity contribution >= 4 is 16.9 Å². The van der Waals surface area contributed by atoms with Crippen LogP contribution in [0.3, 0.4) is 0 Å². The summed E-state index contributed by atoms with van der Waals surface area (Å²) < 4.78 is 45.0. The van der Waals surface area contributed by atoms with Crippen LogP contribution in [0.15, 0.2) is 57.7 Å². The fourth-order valence-electron chi connectivity index (χ4n) is 6.61. The standard InChI is InChI=1S/C38H44N2O15/c1-48-25-7-5-20(27-16-24(43)32-23(42)14-22(15-29(32)54-27)53-38-35(47)34(46)33(45)30(18-41)55-38)13-28(25)52-19-31(44)40-11-9-39(10-12-40)17-21-6-8-26(49-2)37(51-4)36(21)50-3/h5-8,13-16,30,33-35,38,41-42,45-47H,9-12,17-19H2,1-4H3/t30-,33+,34-,35-,38-/m1/s1. The highest BCUT2D eigenvalue weighted by Crippen LogP contribution is 2.40. The van der Waals surface area contributed by atoms with E-state index >= 15 is 0 Å². The van der Waals surface area contributed by atoms with Gasteiger partial charge in [-0.15, -0.1) is 0 Å². The van der Waals surface area contributed by atoms with Gasteiger partial charge in [-0.2, -0.15) is 0 Å². The number of aliphatic hydroxyl groups excluding tert-OH is 4. The Labute approximate surface area is 315 Å². The van der Waals surface area contributed by atoms with E-state index in [0.717, 1.165) is 11.6 Å². The smallest absolute Gasteiger partial charge is 0.260 e. The second-order valence-electron chi connectivity index (χ2n) is 12.9. The third kappa shape index (κ3) is 8.22. The predicted molar refractivity (Wildman–Crippen MR) is 194 cm³/mol. The van der Waals surface area contributed by atoms with Gasteiger partial charge in [0.25, 0.3) is 5.91 Å². The van der Waals surface area contributed by atoms with E-state index in [9.17, 15) is 35.1 Å². The van der Waals surface area contributed by atoms with Crippen LogP contribution in [0.4, 0.5) is 0 Å². The summed E-state index contributed by atoms with van der Waals surface area (Å²) in [5.41, 5.74) is 0.655. The molecule has 3 aromatic carbocycles. The summed E-state index contributed by atoms with van der Waals surface area (Å²) in [7, 11) is 6.15. The molecule has 0 spiro atoms. The van der Waals surface area contributed by atoms with Gasteiger partial charge in [-0.05, 0) is 24.3 Å². The molecule has 4 aromatic rings. The quantitative estimate of drug-likeness (QED) is 0.129. The molecular formula is C38H44N2O15. The van der Waals surface area contributed by atoms with Crippen molar-refractivity contribution in [2.24, 2.45) is 0 Å². The highest BCUT2D eigenvalue weighted by molar-refractivity contribution is 5.86. The first kappa shape index (κ1) is 39.4. The first-order valence-corrected chi connectivity index (χ1v) is 17.4. The van der Waals surface area contributed by atoms with Crippen molar-refractivity contribution in [2.45, 2.75) is 37.3 Å². The van der Waals surface area contributed by atoms with E-state index in [2.05, 4.69) is 4.90 Å². The number of aromatic hydroxyl groups is 1. The number of benzene rings is 3. The molecular weight excluding hydrogens is 724 g/mol. The number of hydrogen-bond donors (Lipinski definition) is 5. The second-order valence-corrected chi connectivity index (χ2v) is 12.9. The average Bonchev–Trinajstić information content (AvgIpc) is 3.19. The summed E-state index contributed by atoms with van der Waals surface area (Å²) in [6.07, 6.45) is -7.75. The number of nitrogens with zero attached hydrogens (tertiary/aromatic N) is 2. The number of hydrogen-bond acceptors (Lipinski definition) is 16. The summed E-state index contributed by atoms with van der Waals surface area (Å²) in [5, 5.41) is 50.6. The zero-order valence-corrected chi connectivity index (χ0v) is 30.7. The summed E-state index contributed by atoms with van der Waals surface area (Å²) in [4.78, 5) is 30.4. The Bertz CT molecular complexity index is 2040. The number of phenolic OH excluding ortho intramolecular Hbond substituents is 1. The number of amides is 1. The van der Waals surface area contributed by atoms with Gasteiger partial charge in [0, 0.05) is 62.0 Å². The van der Waals surface area contributed by atoms with Gasteiger partial charge < -0.3 is 68.0 Å². The van der Waals surface area contributed by atoms with E-state index < -0.39 is 48.5 Å². The number of phenols is 1. The molecule has 0 saturated carbocycles. The first-order chi connectivity index (χ1) is 26.5. The minimum absolute atomic E-state index is 0.0840. The molecule has 0 radical (unpaired) electrons. The van der Waals surface area contributed by atoms with Gasteiger partial charge in [0.15, 0.2) is 35.0 Å². The van der Waals surface area contributed by atoms with E-state index in [4.69, 9.17) is 37.6 Å². The zero-order chi connectivity index (χ0) is 39.4. The van der Waals surface area contributed by atoms with Crippen LogP contribution in [0.2, 0.25) is 0 Å². The van der Waals surface area contributed by atoms with Gasteiger partial charge in [-0.1, -0.05) is 6.07 Å². The molecule has 55 heavy (non-hydrogen) atoms. The molecule has 0 unspecified atom stereocenters. The summed E-state index contributed by atoms with van der Waals surface area (Å²) in [5.74, 6) is 1.50. The van der Waals surface area contributed by atoms with Crippen molar-refractivity contribution in [1.82, 2.24) is 9.80 Å². The lowest BCUT2D eigenvalue weighted by atomic mass is 9.99. The summed E-state index contributed by atoms with van der Waals surface area (Å²) in [6, 6.07) is 12.1. The number of fused-ring (bicyclic) bond motifs is 1. The molecule has 0 aliphatic carbocycles. The summed E-state index contributed by atoms with van der Waals surface area (Å²) in [6.45, 7) is 1.84. The minimum atomic E-state index is -1.71. The highest BCUT2D eigenvalue weighted by Gasteiger charge is 2.44. The molecule has 5 N–H and O–H groups in total. The van der Waals surface area contributed by atoms with Gasteiger partial charge in [0.2, 0.25) is 12.0 Å². The van der Waals surface area contributed by atoms with Gasteiger partial charge >= 0.3 is 0 Å². The van der Waals surface area contributed by atoms with E-state index in [0.29, 0.717) is 61.3 Å². The maximum absolute atomic E-state index is 13.3. The zero-order valence-electron chi connectivity index (χ0n) is 30.7. The Morgan fingerprint density at radius 1 is 0.818 bits per heavy atom. The van der Waals surface area contributed by atoms with E-state index in [1.165, 1.54) is 19.2 Å². The normalized spacial score (nSPS) is 21.6. The number of piperazine rings is 1. The van der Waals surface area contributed by atoms with Crippen LogP contribution < -0.4 is 33.8 Å². The monoisotopic (exact) mass is 768 g/mol. The van der Waals surface area contributed by atoms with Crippen molar-refractivity contribution in [2.75, 3.05) is 67.8 Å². The molecule has 0 bridgehead atoms. The number of rotatable bonds is 13. The van der Waals surface area contributed by atoms with Crippen LogP contribution in [0.1, 0.15) is 5.56 Å². The Kier molecular flexibility index (Phi) is 12.2. The number of ether oxygens (including phenoxy) is 7. The van der Waals surface area contributed by atoms with Gasteiger partial charge in [0.1, 0.15) is 52.6 Å². The minimum Gasteiger partial charge on any atom is -0.507 e. The number of methoxy groups -OCH3 is 4. The molecule has 3 heterocycles. The Balaban J connectivity index is 1.13. The van der Waals surface area contributed by atoms with Gasteiger partial charge in [0.05, 0.1) is 35.0 Å². The average molecular weight is 769 g/mol. The lowest BCUT2D eigenvalue weighted by Gasteiger charge is -2.39. The molecule has 5 atom stereocenters. The molecule has 6 rings (SSSR count). The van der Waals surface area contributed by atoms with Crippen molar-refractivity contribution in [3.05, 3.63) is 64.3 Å². The fourth-order valence-corrected chi connectivity index (χ4v) is 6.61. The van der Waals surface area contributed by atoms with Crippen molar-refractivity contribution in [3.63, 3.8) is 0 Å². The number of carbonyl (C=O) groups excluding carboxylic acids is 1. The van der Waals surface area contributed by atoms with Crippen molar-refractivity contribution < 1.29 is 67.9 Å². The molecule has 1 amide bonds. The number of carbonyl (C=O) groups is 1. The van der Waals surface area contributed by atoms with Crippen LogP contribution in [-0.2, 0) is 16.1 Å². The maximum atomic E-state index is 13.3. The Hall–Kier alpha value is -5.30. The lowest BCUT2D eigenvalue weighted by Crippen LogP contribution is -2.60. The molecule has 296 valence electrons. The van der Waals surface area contributed by atoms with Crippen molar-refractivity contribution in [1.29, 1.82) is 0 Å². The molecule has 2 aliphatic heterocycles. The van der Waals surface area contributed by atoms with Gasteiger partial charge in [-0.3, -0.25) is 14.5 Å². The molecule has 2 aliphatic rings. The molecule has 17 nitrogen and oxygen atoms in total. The largest absolute Gasteiger partial charge is 0.507 e. The lowest BCUT2D eigenvalue weighted by molar-refractivity contribution is -0.277. The van der Waals surface area contributed by atoms with E-state index in [1.54, 1.807) is 44.4 Å². The van der Waals surface area contributed by atoms with Crippen LogP contribution >= 0.6 is 0 Å². The van der Waals surface area contributed by atoms with E-state index in [-0.39, 0.29) is 40.7 Å². The third-order valence-corrected chi connectivity index (χ3v) is 9.59. The SMILES string of the molecule is COc1ccc(-c2cc(=O)c3c(O)cc(O[C@@H]4O[C@H](CO)[C@H](O)[C@@H](O)[C@H]4O)cc3o2)cc1OCC(=O)N1CCN(Cc2ccc(OC)c(OC)c2OC)CC1. The van der Waals surface area contributed by atoms with E-state index in [1.807, 2.05) is 12.1 Å². The predicted octanol–water partition coefficient (Wildman–Crippen LogP) is 1.10. The van der Waals surface area contributed by atoms with Gasteiger partial charge in [-0.25, -0.2) is 0 Å².